The molecular weight excluding hydrogens is 236 g/mol. The number of hydrogen-bond acceptors (Lipinski definition) is 2. The first kappa shape index (κ1) is 11.8. The first-order valence-corrected chi connectivity index (χ1v) is 6.32. The Bertz CT molecular complexity index is 716. The Morgan fingerprint density at radius 3 is 2.89 bits per heavy atom. The van der Waals surface area contributed by atoms with Crippen molar-refractivity contribution in [3.63, 3.8) is 0 Å². The van der Waals surface area contributed by atoms with Gasteiger partial charge in [-0.15, -0.1) is 0 Å². The molecular formula is C16H16N2O. The first-order valence-electron chi connectivity index (χ1n) is 6.32. The molecule has 0 bridgehead atoms. The molecule has 3 rings (SSSR count). The standard InChI is InChI=1S/C16H16N2O/c1-12-5-3-7-15-14(12)8-10-18(15)11-13-6-4-9-17-16(13)19-2/h3-10H,11H2,1-2H3. The molecule has 0 saturated heterocycles. The number of nitrogens with zero attached hydrogens (tertiary/aromatic N) is 2. The van der Waals surface area contributed by atoms with Crippen LogP contribution >= 0.6 is 0 Å². The van der Waals surface area contributed by atoms with Gasteiger partial charge in [-0.3, -0.25) is 0 Å². The summed E-state index contributed by atoms with van der Waals surface area (Å²) in [4.78, 5) is 4.24. The van der Waals surface area contributed by atoms with Crippen molar-refractivity contribution in [2.24, 2.45) is 0 Å². The van der Waals surface area contributed by atoms with Crippen molar-refractivity contribution in [1.29, 1.82) is 0 Å². The summed E-state index contributed by atoms with van der Waals surface area (Å²) in [5.74, 6) is 0.692. The molecule has 3 aromatic rings. The quantitative estimate of drug-likeness (QED) is 0.714. The highest BCUT2D eigenvalue weighted by molar-refractivity contribution is 5.83. The lowest BCUT2D eigenvalue weighted by Gasteiger charge is -2.09. The predicted molar refractivity (Wildman–Crippen MR) is 76.6 cm³/mol. The molecule has 1 aromatic carbocycles. The summed E-state index contributed by atoms with van der Waals surface area (Å²) in [6, 6.07) is 12.5. The van der Waals surface area contributed by atoms with Crippen LogP contribution in [-0.4, -0.2) is 16.7 Å². The average Bonchev–Trinajstić information content (AvgIpc) is 2.84. The van der Waals surface area contributed by atoms with E-state index in [9.17, 15) is 0 Å². The SMILES string of the molecule is COc1ncccc1Cn1ccc2c(C)cccc21. The second-order valence-electron chi connectivity index (χ2n) is 4.62. The Kier molecular flexibility index (Phi) is 2.95. The minimum Gasteiger partial charge on any atom is -0.481 e. The monoisotopic (exact) mass is 252 g/mol. The molecule has 0 N–H and O–H groups in total. The molecule has 0 unspecified atom stereocenters. The van der Waals surface area contributed by atoms with Crippen LogP contribution in [0.5, 0.6) is 5.88 Å². The third-order valence-electron chi connectivity index (χ3n) is 3.42. The highest BCUT2D eigenvalue weighted by atomic mass is 16.5. The molecule has 96 valence electrons. The van der Waals surface area contributed by atoms with Gasteiger partial charge in [0.15, 0.2) is 0 Å². The first-order chi connectivity index (χ1) is 9.29. The number of aromatic nitrogens is 2. The van der Waals surface area contributed by atoms with Crippen molar-refractivity contribution in [1.82, 2.24) is 9.55 Å². The Morgan fingerprint density at radius 2 is 2.05 bits per heavy atom. The maximum Gasteiger partial charge on any atom is 0.218 e. The molecule has 0 atom stereocenters. The Balaban J connectivity index is 2.04. The molecule has 2 aromatic heterocycles. The maximum atomic E-state index is 5.31. The van der Waals surface area contributed by atoms with Crippen LogP contribution in [0, 0.1) is 6.92 Å². The predicted octanol–water partition coefficient (Wildman–Crippen LogP) is 3.40. The van der Waals surface area contributed by atoms with E-state index in [-0.39, 0.29) is 0 Å². The Hall–Kier alpha value is -2.29. The normalized spacial score (nSPS) is 10.8. The third kappa shape index (κ3) is 2.08. The molecule has 0 amide bonds. The van der Waals surface area contributed by atoms with E-state index in [1.807, 2.05) is 12.1 Å². The fourth-order valence-corrected chi connectivity index (χ4v) is 2.43. The van der Waals surface area contributed by atoms with Gasteiger partial charge in [0.2, 0.25) is 5.88 Å². The molecule has 0 saturated carbocycles. The van der Waals surface area contributed by atoms with E-state index in [2.05, 4.69) is 46.9 Å². The van der Waals surface area contributed by atoms with E-state index in [4.69, 9.17) is 4.74 Å². The summed E-state index contributed by atoms with van der Waals surface area (Å²) < 4.78 is 7.53. The van der Waals surface area contributed by atoms with Gasteiger partial charge in [0.25, 0.3) is 0 Å². The number of fused-ring (bicyclic) bond motifs is 1. The molecule has 0 aliphatic heterocycles. The largest absolute Gasteiger partial charge is 0.481 e. The number of benzene rings is 1. The number of aryl methyl sites for hydroxylation is 1. The summed E-state index contributed by atoms with van der Waals surface area (Å²) >= 11 is 0. The van der Waals surface area contributed by atoms with Gasteiger partial charge in [0.1, 0.15) is 0 Å². The zero-order chi connectivity index (χ0) is 13.2. The molecule has 2 heterocycles. The van der Waals surface area contributed by atoms with E-state index in [1.54, 1.807) is 13.3 Å². The van der Waals surface area contributed by atoms with Crippen LogP contribution < -0.4 is 4.74 Å². The van der Waals surface area contributed by atoms with Gasteiger partial charge < -0.3 is 9.30 Å². The van der Waals surface area contributed by atoms with Gasteiger partial charge in [0.05, 0.1) is 13.7 Å². The van der Waals surface area contributed by atoms with Gasteiger partial charge >= 0.3 is 0 Å². The number of ether oxygens (including phenoxy) is 1. The Morgan fingerprint density at radius 1 is 1.16 bits per heavy atom. The van der Waals surface area contributed by atoms with Crippen molar-refractivity contribution in [2.75, 3.05) is 7.11 Å². The van der Waals surface area contributed by atoms with Crippen molar-refractivity contribution in [2.45, 2.75) is 13.5 Å². The zero-order valence-corrected chi connectivity index (χ0v) is 11.1. The van der Waals surface area contributed by atoms with Gasteiger partial charge in [-0.1, -0.05) is 18.2 Å². The lowest BCUT2D eigenvalue weighted by Crippen LogP contribution is -2.01. The minimum atomic E-state index is 0.692. The van der Waals surface area contributed by atoms with Gasteiger partial charge in [-0.2, -0.15) is 0 Å². The van der Waals surface area contributed by atoms with Crippen LogP contribution in [0.15, 0.2) is 48.8 Å². The van der Waals surface area contributed by atoms with Crippen LogP contribution in [0.3, 0.4) is 0 Å². The van der Waals surface area contributed by atoms with E-state index < -0.39 is 0 Å². The van der Waals surface area contributed by atoms with Crippen molar-refractivity contribution < 1.29 is 4.74 Å². The third-order valence-corrected chi connectivity index (χ3v) is 3.42. The number of rotatable bonds is 3. The summed E-state index contributed by atoms with van der Waals surface area (Å²) in [7, 11) is 1.66. The van der Waals surface area contributed by atoms with Crippen LogP contribution in [0.2, 0.25) is 0 Å². The summed E-state index contributed by atoms with van der Waals surface area (Å²) in [6.45, 7) is 2.90. The number of hydrogen-bond donors (Lipinski definition) is 0. The molecule has 0 aliphatic rings. The molecule has 0 radical (unpaired) electrons. The number of pyridine rings is 1. The van der Waals surface area contributed by atoms with Crippen LogP contribution in [-0.2, 0) is 6.54 Å². The molecule has 19 heavy (non-hydrogen) atoms. The summed E-state index contributed by atoms with van der Waals surface area (Å²) in [5, 5.41) is 1.30. The molecule has 0 fully saturated rings. The molecule has 3 heteroatoms. The minimum absolute atomic E-state index is 0.692. The second kappa shape index (κ2) is 4.76. The van der Waals surface area contributed by atoms with Gasteiger partial charge in [-0.05, 0) is 30.7 Å². The molecule has 0 aliphatic carbocycles. The van der Waals surface area contributed by atoms with Crippen molar-refractivity contribution in [3.8, 4) is 5.88 Å². The van der Waals surface area contributed by atoms with Gasteiger partial charge in [0, 0.05) is 28.9 Å². The molecule has 3 nitrogen and oxygen atoms in total. The molecule has 0 spiro atoms. The van der Waals surface area contributed by atoms with E-state index >= 15 is 0 Å². The Labute approximate surface area is 112 Å². The van der Waals surface area contributed by atoms with Crippen LogP contribution in [0.1, 0.15) is 11.1 Å². The average molecular weight is 252 g/mol. The highest BCUT2D eigenvalue weighted by Gasteiger charge is 2.07. The summed E-state index contributed by atoms with van der Waals surface area (Å²) in [5.41, 5.74) is 3.63. The highest BCUT2D eigenvalue weighted by Crippen LogP contribution is 2.22. The van der Waals surface area contributed by atoms with E-state index in [0.29, 0.717) is 5.88 Å². The van der Waals surface area contributed by atoms with Gasteiger partial charge in [-0.25, -0.2) is 4.98 Å². The maximum absolute atomic E-state index is 5.31. The topological polar surface area (TPSA) is 27.1 Å². The van der Waals surface area contributed by atoms with Crippen LogP contribution in [0.25, 0.3) is 10.9 Å². The van der Waals surface area contributed by atoms with E-state index in [1.165, 1.54) is 16.5 Å². The lowest BCUT2D eigenvalue weighted by molar-refractivity contribution is 0.391. The van der Waals surface area contributed by atoms with Crippen LogP contribution in [0.4, 0.5) is 0 Å². The smallest absolute Gasteiger partial charge is 0.218 e. The second-order valence-corrected chi connectivity index (χ2v) is 4.62. The fourth-order valence-electron chi connectivity index (χ4n) is 2.43. The van der Waals surface area contributed by atoms with Crippen molar-refractivity contribution >= 4 is 10.9 Å². The fraction of sp³-hybridized carbons (Fsp3) is 0.188. The van der Waals surface area contributed by atoms with E-state index in [0.717, 1.165) is 12.1 Å². The zero-order valence-electron chi connectivity index (χ0n) is 11.1. The summed E-state index contributed by atoms with van der Waals surface area (Å²) in [6.07, 6.45) is 3.87. The lowest BCUT2D eigenvalue weighted by atomic mass is 10.1. The van der Waals surface area contributed by atoms with Crippen molar-refractivity contribution in [3.05, 3.63) is 59.9 Å². The number of methoxy groups -OCH3 is 1.